The Morgan fingerprint density at radius 3 is 2.42 bits per heavy atom. The van der Waals surface area contributed by atoms with E-state index in [2.05, 4.69) is 10.2 Å². The Kier molecular flexibility index (Phi) is 6.98. The number of amides is 1. The number of ether oxygens (including phenoxy) is 1. The summed E-state index contributed by atoms with van der Waals surface area (Å²) in [5.74, 6) is -0.00565. The minimum Gasteiger partial charge on any atom is -0.494 e. The molecule has 2 aromatic rings. The van der Waals surface area contributed by atoms with Gasteiger partial charge in [-0.1, -0.05) is 12.1 Å². The van der Waals surface area contributed by atoms with Crippen molar-refractivity contribution in [3.05, 3.63) is 62.7 Å². The molecule has 0 aliphatic carbocycles. The van der Waals surface area contributed by atoms with Crippen molar-refractivity contribution in [3.63, 3.8) is 0 Å². The molecule has 0 radical (unpaired) electrons. The fourth-order valence-corrected chi connectivity index (χ4v) is 3.47. The number of para-hydroxylation sites is 2. The van der Waals surface area contributed by atoms with Crippen molar-refractivity contribution in [2.45, 2.75) is 6.42 Å². The highest BCUT2D eigenvalue weighted by atomic mass is 16.6. The van der Waals surface area contributed by atoms with Crippen LogP contribution in [0.25, 0.3) is 0 Å². The largest absolute Gasteiger partial charge is 0.494 e. The van der Waals surface area contributed by atoms with E-state index in [0.717, 1.165) is 0 Å². The number of piperazine rings is 1. The summed E-state index contributed by atoms with van der Waals surface area (Å²) in [6, 6.07) is 10.7. The van der Waals surface area contributed by atoms with Crippen LogP contribution in [0.1, 0.15) is 6.42 Å². The predicted octanol–water partition coefficient (Wildman–Crippen LogP) is 2.66. The molecular weight excluding hydrogens is 406 g/mol. The average Bonchev–Trinajstić information content (AvgIpc) is 2.78. The minimum atomic E-state index is -0.530. The zero-order chi connectivity index (χ0) is 22.4. The molecular formula is C20H23N5O6. The lowest BCUT2D eigenvalue weighted by atomic mass is 10.2. The fourth-order valence-electron chi connectivity index (χ4n) is 3.47. The summed E-state index contributed by atoms with van der Waals surface area (Å²) >= 11 is 0. The Labute approximate surface area is 178 Å². The Bertz CT molecular complexity index is 974. The van der Waals surface area contributed by atoms with Gasteiger partial charge < -0.3 is 15.0 Å². The number of nitrogens with zero attached hydrogens (tertiary/aromatic N) is 4. The number of hydrogen-bond acceptors (Lipinski definition) is 8. The third-order valence-corrected chi connectivity index (χ3v) is 5.12. The first kappa shape index (κ1) is 22.0. The van der Waals surface area contributed by atoms with Crippen LogP contribution in [0.4, 0.5) is 22.7 Å². The Morgan fingerprint density at radius 2 is 1.77 bits per heavy atom. The van der Waals surface area contributed by atoms with Gasteiger partial charge in [0.1, 0.15) is 11.4 Å². The smallest absolute Gasteiger partial charge is 0.292 e. The monoisotopic (exact) mass is 429 g/mol. The first-order valence-corrected chi connectivity index (χ1v) is 9.72. The molecule has 1 N–H and O–H groups in total. The van der Waals surface area contributed by atoms with Crippen LogP contribution in [0.15, 0.2) is 42.5 Å². The topological polar surface area (TPSA) is 131 Å². The van der Waals surface area contributed by atoms with Crippen LogP contribution in [0.2, 0.25) is 0 Å². The second-order valence-corrected chi connectivity index (χ2v) is 7.01. The van der Waals surface area contributed by atoms with Crippen molar-refractivity contribution in [1.29, 1.82) is 0 Å². The highest BCUT2D eigenvalue weighted by Crippen LogP contribution is 2.30. The van der Waals surface area contributed by atoms with Gasteiger partial charge in [-0.3, -0.25) is 29.9 Å². The number of methoxy groups -OCH3 is 1. The molecule has 1 aliphatic rings. The van der Waals surface area contributed by atoms with E-state index in [0.29, 0.717) is 44.1 Å². The summed E-state index contributed by atoms with van der Waals surface area (Å²) in [6.45, 7) is 3.15. The molecule has 0 atom stereocenters. The molecule has 3 rings (SSSR count). The van der Waals surface area contributed by atoms with E-state index >= 15 is 0 Å². The third kappa shape index (κ3) is 5.45. The van der Waals surface area contributed by atoms with Gasteiger partial charge in [-0.2, -0.15) is 0 Å². The summed E-state index contributed by atoms with van der Waals surface area (Å²) in [7, 11) is 1.38. The molecule has 164 valence electrons. The summed E-state index contributed by atoms with van der Waals surface area (Å²) in [5.41, 5.74) is 0.952. The second-order valence-electron chi connectivity index (χ2n) is 7.01. The van der Waals surface area contributed by atoms with Gasteiger partial charge in [-0.25, -0.2) is 0 Å². The number of benzene rings is 2. The number of non-ortho nitro benzene ring substituents is 1. The molecule has 0 bridgehead atoms. The SMILES string of the molecule is COc1cc([N+](=O)[O-])ccc1NC(=O)CCN1CCN(c2ccccc2[N+](=O)[O-])CC1. The van der Waals surface area contributed by atoms with Gasteiger partial charge in [0.25, 0.3) is 11.4 Å². The van der Waals surface area contributed by atoms with Gasteiger partial charge in [-0.15, -0.1) is 0 Å². The van der Waals surface area contributed by atoms with E-state index < -0.39 is 4.92 Å². The number of carbonyl (C=O) groups is 1. The van der Waals surface area contributed by atoms with Crippen LogP contribution in [0.3, 0.4) is 0 Å². The molecule has 31 heavy (non-hydrogen) atoms. The fraction of sp³-hybridized carbons (Fsp3) is 0.350. The van der Waals surface area contributed by atoms with Crippen molar-refractivity contribution in [3.8, 4) is 5.75 Å². The summed E-state index contributed by atoms with van der Waals surface area (Å²) in [4.78, 5) is 37.6. The van der Waals surface area contributed by atoms with E-state index in [1.165, 1.54) is 31.4 Å². The second kappa shape index (κ2) is 9.85. The van der Waals surface area contributed by atoms with Gasteiger partial charge in [-0.05, 0) is 12.1 Å². The Balaban J connectivity index is 1.51. The Hall–Kier alpha value is -3.73. The number of nitrogens with one attached hydrogen (secondary N) is 1. The van der Waals surface area contributed by atoms with Crippen LogP contribution < -0.4 is 15.0 Å². The van der Waals surface area contributed by atoms with E-state index in [9.17, 15) is 25.0 Å². The molecule has 0 spiro atoms. The molecule has 2 aromatic carbocycles. The van der Waals surface area contributed by atoms with Crippen LogP contribution >= 0.6 is 0 Å². The molecule has 11 heteroatoms. The number of nitro benzene ring substituents is 2. The number of nitro groups is 2. The number of carbonyl (C=O) groups excluding carboxylic acids is 1. The van der Waals surface area contributed by atoms with Crippen molar-refractivity contribution in [2.75, 3.05) is 50.1 Å². The van der Waals surface area contributed by atoms with E-state index in [4.69, 9.17) is 4.74 Å². The summed E-state index contributed by atoms with van der Waals surface area (Å²) in [6.07, 6.45) is 0.242. The highest BCUT2D eigenvalue weighted by Gasteiger charge is 2.23. The van der Waals surface area contributed by atoms with Crippen LogP contribution in [-0.4, -0.2) is 60.5 Å². The minimum absolute atomic E-state index is 0.0902. The number of anilines is 2. The maximum Gasteiger partial charge on any atom is 0.292 e. The molecule has 11 nitrogen and oxygen atoms in total. The van der Waals surface area contributed by atoms with Gasteiger partial charge in [0.15, 0.2) is 0 Å². The van der Waals surface area contributed by atoms with Crippen LogP contribution in [0.5, 0.6) is 5.75 Å². The van der Waals surface area contributed by atoms with Crippen molar-refractivity contribution >= 4 is 28.7 Å². The standard InChI is InChI=1S/C20H23N5O6/c1-31-19-14-15(24(27)28)6-7-16(19)21-20(26)8-9-22-10-12-23(13-11-22)17-4-2-3-5-18(17)25(29)30/h2-7,14H,8-13H2,1H3,(H,21,26). The van der Waals surface area contributed by atoms with E-state index in [1.54, 1.807) is 18.2 Å². The van der Waals surface area contributed by atoms with Crippen molar-refractivity contribution in [2.24, 2.45) is 0 Å². The maximum atomic E-state index is 12.3. The molecule has 0 aromatic heterocycles. The normalized spacial score (nSPS) is 14.2. The number of rotatable bonds is 8. The molecule has 0 unspecified atom stereocenters. The first-order chi connectivity index (χ1) is 14.9. The molecule has 1 saturated heterocycles. The summed E-state index contributed by atoms with van der Waals surface area (Å²) in [5, 5.41) is 24.8. The Morgan fingerprint density at radius 1 is 1.06 bits per heavy atom. The van der Waals surface area contributed by atoms with Gasteiger partial charge in [0.05, 0.1) is 28.7 Å². The zero-order valence-electron chi connectivity index (χ0n) is 17.0. The number of hydrogen-bond donors (Lipinski definition) is 1. The van der Waals surface area contributed by atoms with E-state index in [1.807, 2.05) is 4.90 Å². The van der Waals surface area contributed by atoms with E-state index in [-0.39, 0.29) is 34.4 Å². The summed E-state index contributed by atoms with van der Waals surface area (Å²) < 4.78 is 5.13. The lowest BCUT2D eigenvalue weighted by Gasteiger charge is -2.35. The maximum absolute atomic E-state index is 12.3. The van der Waals surface area contributed by atoms with Gasteiger partial charge in [0, 0.05) is 51.3 Å². The highest BCUT2D eigenvalue weighted by molar-refractivity contribution is 5.92. The van der Waals surface area contributed by atoms with Gasteiger partial charge in [0.2, 0.25) is 5.91 Å². The van der Waals surface area contributed by atoms with Crippen molar-refractivity contribution in [1.82, 2.24) is 4.90 Å². The molecule has 1 amide bonds. The van der Waals surface area contributed by atoms with Gasteiger partial charge >= 0.3 is 0 Å². The lowest BCUT2D eigenvalue weighted by molar-refractivity contribution is -0.384. The van der Waals surface area contributed by atoms with Crippen molar-refractivity contribution < 1.29 is 19.4 Å². The quantitative estimate of drug-likeness (QED) is 0.500. The molecule has 1 fully saturated rings. The lowest BCUT2D eigenvalue weighted by Crippen LogP contribution is -2.47. The molecule has 0 saturated carbocycles. The van der Waals surface area contributed by atoms with Crippen LogP contribution in [0, 0.1) is 20.2 Å². The molecule has 1 heterocycles. The zero-order valence-corrected chi connectivity index (χ0v) is 17.0. The average molecular weight is 429 g/mol. The predicted molar refractivity (Wildman–Crippen MR) is 115 cm³/mol. The third-order valence-electron chi connectivity index (χ3n) is 5.12. The van der Waals surface area contributed by atoms with Crippen LogP contribution in [-0.2, 0) is 4.79 Å². The molecule has 1 aliphatic heterocycles. The first-order valence-electron chi connectivity index (χ1n) is 9.72.